The maximum atomic E-state index is 14.1. The van der Waals surface area contributed by atoms with E-state index in [1.165, 1.54) is 19.4 Å². The summed E-state index contributed by atoms with van der Waals surface area (Å²) in [6, 6.07) is 18.3. The average Bonchev–Trinajstić information content (AvgIpc) is 3.29. The van der Waals surface area contributed by atoms with Gasteiger partial charge in [0.1, 0.15) is 17.3 Å². The number of nitrogens with one attached hydrogen (secondary N) is 1. The van der Waals surface area contributed by atoms with Crippen LogP contribution in [0.5, 0.6) is 11.5 Å². The van der Waals surface area contributed by atoms with Gasteiger partial charge in [-0.05, 0) is 36.4 Å². The predicted octanol–water partition coefficient (Wildman–Crippen LogP) is 5.42. The lowest BCUT2D eigenvalue weighted by Gasteiger charge is -2.13. The van der Waals surface area contributed by atoms with Crippen molar-refractivity contribution in [2.75, 3.05) is 19.5 Å². The Balaban J connectivity index is 1.67. The molecule has 0 fully saturated rings. The number of halogens is 1. The Bertz CT molecular complexity index is 1240. The molecule has 0 saturated heterocycles. The van der Waals surface area contributed by atoms with Gasteiger partial charge in [-0.25, -0.2) is 9.37 Å². The second-order valence-electron chi connectivity index (χ2n) is 6.58. The van der Waals surface area contributed by atoms with E-state index in [-0.39, 0.29) is 17.6 Å². The van der Waals surface area contributed by atoms with Gasteiger partial charge in [0.05, 0.1) is 37.2 Å². The lowest BCUT2D eigenvalue weighted by Crippen LogP contribution is -2.14. The van der Waals surface area contributed by atoms with Gasteiger partial charge in [-0.3, -0.25) is 4.79 Å². The molecule has 0 aliphatic heterocycles. The van der Waals surface area contributed by atoms with E-state index in [0.717, 1.165) is 0 Å². The quantitative estimate of drug-likeness (QED) is 0.453. The van der Waals surface area contributed by atoms with E-state index >= 15 is 0 Å². The van der Waals surface area contributed by atoms with Gasteiger partial charge in [-0.2, -0.15) is 0 Å². The van der Waals surface area contributed by atoms with Gasteiger partial charge in [-0.15, -0.1) is 0 Å². The summed E-state index contributed by atoms with van der Waals surface area (Å²) < 4.78 is 30.4. The summed E-state index contributed by atoms with van der Waals surface area (Å²) in [5, 5.41) is 2.84. The van der Waals surface area contributed by atoms with E-state index in [9.17, 15) is 9.18 Å². The number of anilines is 1. The first-order chi connectivity index (χ1) is 15.1. The van der Waals surface area contributed by atoms with Crippen LogP contribution in [0.25, 0.3) is 22.8 Å². The molecule has 0 radical (unpaired) electrons. The van der Waals surface area contributed by atoms with Gasteiger partial charge in [0.15, 0.2) is 5.76 Å². The number of hydrogen-bond donors (Lipinski definition) is 1. The molecule has 6 nitrogen and oxygen atoms in total. The Morgan fingerprint density at radius 3 is 2.45 bits per heavy atom. The van der Waals surface area contributed by atoms with Gasteiger partial charge in [0.2, 0.25) is 5.89 Å². The monoisotopic (exact) mass is 418 g/mol. The molecule has 1 N–H and O–H groups in total. The summed E-state index contributed by atoms with van der Waals surface area (Å²) in [4.78, 5) is 17.3. The summed E-state index contributed by atoms with van der Waals surface area (Å²) in [6.07, 6.45) is 1.44. The van der Waals surface area contributed by atoms with E-state index in [1.807, 2.05) is 0 Å². The standard InChI is InChI=1S/C24H19FN2O4/c1-29-15-11-12-21(30-2)20(13-15)27-23(28)16-7-3-4-8-17(16)24-26-14-22(31-24)18-9-5-6-10-19(18)25/h3-14H,1-2H3,(H,27,28). The Morgan fingerprint density at radius 1 is 0.968 bits per heavy atom. The first-order valence-electron chi connectivity index (χ1n) is 9.44. The zero-order valence-corrected chi connectivity index (χ0v) is 16.9. The largest absolute Gasteiger partial charge is 0.497 e. The Hall–Kier alpha value is -4.13. The first kappa shape index (κ1) is 20.2. The molecule has 0 saturated carbocycles. The van der Waals surface area contributed by atoms with Gasteiger partial charge >= 0.3 is 0 Å². The number of methoxy groups -OCH3 is 2. The number of carbonyl (C=O) groups is 1. The topological polar surface area (TPSA) is 73.6 Å². The number of nitrogens with zero attached hydrogens (tertiary/aromatic N) is 1. The van der Waals surface area contributed by atoms with E-state index in [0.29, 0.717) is 33.9 Å². The van der Waals surface area contributed by atoms with Crippen molar-refractivity contribution in [3.8, 4) is 34.3 Å². The SMILES string of the molecule is COc1ccc(OC)c(NC(=O)c2ccccc2-c2ncc(-c3ccccc3F)o2)c1. The third-order valence-corrected chi connectivity index (χ3v) is 4.70. The summed E-state index contributed by atoms with van der Waals surface area (Å²) in [6.45, 7) is 0. The zero-order chi connectivity index (χ0) is 21.8. The fourth-order valence-corrected chi connectivity index (χ4v) is 3.15. The van der Waals surface area contributed by atoms with Crippen molar-refractivity contribution in [3.05, 3.63) is 84.3 Å². The van der Waals surface area contributed by atoms with Crippen LogP contribution in [-0.4, -0.2) is 25.1 Å². The summed E-state index contributed by atoms with van der Waals surface area (Å²) in [5.74, 6) is 0.754. The minimum Gasteiger partial charge on any atom is -0.497 e. The van der Waals surface area contributed by atoms with E-state index in [2.05, 4.69) is 10.3 Å². The number of hydrogen-bond acceptors (Lipinski definition) is 5. The fourth-order valence-electron chi connectivity index (χ4n) is 3.15. The minimum absolute atomic E-state index is 0.210. The number of amides is 1. The van der Waals surface area contributed by atoms with Crippen molar-refractivity contribution in [3.63, 3.8) is 0 Å². The molecular weight excluding hydrogens is 399 g/mol. The maximum absolute atomic E-state index is 14.1. The molecule has 4 aromatic rings. The number of benzene rings is 3. The first-order valence-corrected chi connectivity index (χ1v) is 9.44. The molecule has 0 bridgehead atoms. The molecule has 1 heterocycles. The minimum atomic E-state index is -0.415. The van der Waals surface area contributed by atoms with Crippen LogP contribution in [0.2, 0.25) is 0 Å². The van der Waals surface area contributed by atoms with Crippen LogP contribution in [0.1, 0.15) is 10.4 Å². The van der Waals surface area contributed by atoms with Crippen LogP contribution >= 0.6 is 0 Å². The molecule has 1 aromatic heterocycles. The highest BCUT2D eigenvalue weighted by Crippen LogP contribution is 2.32. The number of aromatic nitrogens is 1. The van der Waals surface area contributed by atoms with Crippen LogP contribution in [0.15, 0.2) is 77.3 Å². The van der Waals surface area contributed by atoms with Gasteiger partial charge < -0.3 is 19.2 Å². The molecule has 156 valence electrons. The predicted molar refractivity (Wildman–Crippen MR) is 115 cm³/mol. The number of rotatable bonds is 6. The molecule has 0 spiro atoms. The molecule has 1 amide bonds. The van der Waals surface area contributed by atoms with Crippen LogP contribution in [0, 0.1) is 5.82 Å². The van der Waals surface area contributed by atoms with Gasteiger partial charge in [0, 0.05) is 11.6 Å². The number of oxazole rings is 1. The molecule has 7 heteroatoms. The normalized spacial score (nSPS) is 10.5. The highest BCUT2D eigenvalue weighted by atomic mass is 19.1. The van der Waals surface area contributed by atoms with Gasteiger partial charge in [0.25, 0.3) is 5.91 Å². The lowest BCUT2D eigenvalue weighted by molar-refractivity contribution is 0.102. The Kier molecular flexibility index (Phi) is 5.66. The molecule has 3 aromatic carbocycles. The van der Waals surface area contributed by atoms with Crippen molar-refractivity contribution in [2.24, 2.45) is 0 Å². The maximum Gasteiger partial charge on any atom is 0.256 e. The van der Waals surface area contributed by atoms with Crippen LogP contribution in [0.3, 0.4) is 0 Å². The van der Waals surface area contributed by atoms with Crippen molar-refractivity contribution < 1.29 is 23.1 Å². The van der Waals surface area contributed by atoms with Crippen molar-refractivity contribution in [1.29, 1.82) is 0 Å². The molecule has 0 aliphatic carbocycles. The Morgan fingerprint density at radius 2 is 1.71 bits per heavy atom. The molecule has 4 rings (SSSR count). The summed E-state index contributed by atoms with van der Waals surface area (Å²) in [5.41, 5.74) is 1.57. The van der Waals surface area contributed by atoms with Crippen molar-refractivity contribution in [1.82, 2.24) is 4.98 Å². The van der Waals surface area contributed by atoms with E-state index in [1.54, 1.807) is 67.8 Å². The highest BCUT2D eigenvalue weighted by Gasteiger charge is 2.19. The molecule has 0 aliphatic rings. The zero-order valence-electron chi connectivity index (χ0n) is 16.9. The van der Waals surface area contributed by atoms with Crippen LogP contribution in [-0.2, 0) is 0 Å². The summed E-state index contributed by atoms with van der Waals surface area (Å²) >= 11 is 0. The number of carbonyl (C=O) groups excluding carboxylic acids is 1. The molecule has 0 atom stereocenters. The lowest BCUT2D eigenvalue weighted by atomic mass is 10.1. The number of ether oxygens (including phenoxy) is 2. The van der Waals surface area contributed by atoms with E-state index in [4.69, 9.17) is 13.9 Å². The second-order valence-corrected chi connectivity index (χ2v) is 6.58. The molecule has 0 unspecified atom stereocenters. The third kappa shape index (κ3) is 4.11. The van der Waals surface area contributed by atoms with Crippen molar-refractivity contribution in [2.45, 2.75) is 0 Å². The highest BCUT2D eigenvalue weighted by molar-refractivity contribution is 6.08. The van der Waals surface area contributed by atoms with Crippen LogP contribution in [0.4, 0.5) is 10.1 Å². The molecular formula is C24H19FN2O4. The van der Waals surface area contributed by atoms with Gasteiger partial charge in [-0.1, -0.05) is 24.3 Å². The average molecular weight is 418 g/mol. The molecule has 31 heavy (non-hydrogen) atoms. The smallest absolute Gasteiger partial charge is 0.256 e. The van der Waals surface area contributed by atoms with Crippen LogP contribution < -0.4 is 14.8 Å². The van der Waals surface area contributed by atoms with E-state index < -0.39 is 5.82 Å². The Labute approximate surface area is 178 Å². The second kappa shape index (κ2) is 8.71. The summed E-state index contributed by atoms with van der Waals surface area (Å²) in [7, 11) is 3.06. The van der Waals surface area contributed by atoms with Crippen molar-refractivity contribution >= 4 is 11.6 Å². The third-order valence-electron chi connectivity index (χ3n) is 4.70. The fraction of sp³-hybridized carbons (Fsp3) is 0.0833.